The zero-order valence-electron chi connectivity index (χ0n) is 14.5. The Labute approximate surface area is 149 Å². The minimum Gasteiger partial charge on any atom is -0.350 e. The molecule has 0 spiro atoms. The third kappa shape index (κ3) is 3.34. The van der Waals surface area contributed by atoms with Gasteiger partial charge in [0.25, 0.3) is 11.5 Å². The van der Waals surface area contributed by atoms with Crippen LogP contribution >= 0.6 is 0 Å². The van der Waals surface area contributed by atoms with Gasteiger partial charge >= 0.3 is 5.69 Å². The van der Waals surface area contributed by atoms with Crippen LogP contribution < -0.4 is 16.6 Å². The molecule has 8 heteroatoms. The van der Waals surface area contributed by atoms with Gasteiger partial charge in [-0.25, -0.2) is 9.48 Å². The predicted octanol–water partition coefficient (Wildman–Crippen LogP) is 0.377. The molecule has 1 aromatic carbocycles. The van der Waals surface area contributed by atoms with Crippen molar-refractivity contribution in [2.75, 3.05) is 6.54 Å². The van der Waals surface area contributed by atoms with Gasteiger partial charge in [-0.3, -0.25) is 14.2 Å². The van der Waals surface area contributed by atoms with Crippen molar-refractivity contribution in [1.82, 2.24) is 24.2 Å². The van der Waals surface area contributed by atoms with Crippen molar-refractivity contribution in [3.05, 3.63) is 75.1 Å². The normalized spacial score (nSPS) is 10.7. The van der Waals surface area contributed by atoms with E-state index in [4.69, 9.17) is 0 Å². The maximum Gasteiger partial charge on any atom is 0.345 e. The van der Waals surface area contributed by atoms with Gasteiger partial charge < -0.3 is 9.88 Å². The number of hydrogen-bond donors (Lipinski definition) is 1. The monoisotopic (exact) mass is 353 g/mol. The first kappa shape index (κ1) is 17.4. The summed E-state index contributed by atoms with van der Waals surface area (Å²) in [4.78, 5) is 36.4. The van der Waals surface area contributed by atoms with Crippen LogP contribution in [0.5, 0.6) is 0 Å². The molecule has 0 unspecified atom stereocenters. The molecule has 3 rings (SSSR count). The fourth-order valence-electron chi connectivity index (χ4n) is 2.61. The Morgan fingerprint density at radius 2 is 1.81 bits per heavy atom. The molecule has 3 aromatic rings. The molecule has 2 heterocycles. The third-order valence-electron chi connectivity index (χ3n) is 4.05. The second-order valence-electron chi connectivity index (χ2n) is 5.85. The first-order chi connectivity index (χ1) is 12.5. The van der Waals surface area contributed by atoms with Crippen LogP contribution in [0, 0.1) is 0 Å². The lowest BCUT2D eigenvalue weighted by molar-refractivity contribution is 0.0949. The molecule has 0 aliphatic carbocycles. The smallest absolute Gasteiger partial charge is 0.345 e. The van der Waals surface area contributed by atoms with E-state index in [9.17, 15) is 14.4 Å². The number of pyridine rings is 1. The highest BCUT2D eigenvalue weighted by atomic mass is 16.2. The summed E-state index contributed by atoms with van der Waals surface area (Å²) in [6.45, 7) is 0.389. The number of aromatic nitrogens is 4. The number of nitrogens with zero attached hydrogens (tertiary/aromatic N) is 4. The molecular weight excluding hydrogens is 334 g/mol. The lowest BCUT2D eigenvalue weighted by atomic mass is 10.2. The van der Waals surface area contributed by atoms with Crippen molar-refractivity contribution in [1.29, 1.82) is 0 Å². The van der Waals surface area contributed by atoms with Crippen LogP contribution in [0.25, 0.3) is 11.4 Å². The topological polar surface area (TPSA) is 90.9 Å². The van der Waals surface area contributed by atoms with Gasteiger partial charge in [-0.15, -0.1) is 5.10 Å². The Balaban J connectivity index is 1.71. The van der Waals surface area contributed by atoms with E-state index in [0.717, 1.165) is 5.56 Å². The van der Waals surface area contributed by atoms with Crippen LogP contribution in [-0.2, 0) is 20.6 Å². The van der Waals surface area contributed by atoms with E-state index in [1.807, 2.05) is 30.3 Å². The van der Waals surface area contributed by atoms with E-state index < -0.39 is 5.91 Å². The highest BCUT2D eigenvalue weighted by Gasteiger charge is 2.13. The Morgan fingerprint density at radius 3 is 2.54 bits per heavy atom. The molecule has 2 aromatic heterocycles. The Kier molecular flexibility index (Phi) is 4.83. The lowest BCUT2D eigenvalue weighted by Crippen LogP contribution is -2.35. The number of aryl methyl sites for hydroxylation is 1. The predicted molar refractivity (Wildman–Crippen MR) is 96.9 cm³/mol. The summed E-state index contributed by atoms with van der Waals surface area (Å²) in [6, 6.07) is 12.5. The zero-order chi connectivity index (χ0) is 18.7. The summed E-state index contributed by atoms with van der Waals surface area (Å²) in [5.41, 5.74) is 0.260. The molecule has 134 valence electrons. The molecule has 0 radical (unpaired) electrons. The Hall–Kier alpha value is -3.42. The SMILES string of the molecule is Cn1cccc(C(=O)NCCn2nc(-c3ccccc3)n(C)c2=O)c1=O. The number of carbonyl (C=O) groups excluding carboxylic acids is 1. The third-order valence-corrected chi connectivity index (χ3v) is 4.05. The van der Waals surface area contributed by atoms with Gasteiger partial charge in [0.05, 0.1) is 6.54 Å². The molecule has 0 aliphatic heterocycles. The second-order valence-corrected chi connectivity index (χ2v) is 5.85. The second kappa shape index (κ2) is 7.22. The molecule has 0 fully saturated rings. The number of rotatable bonds is 5. The summed E-state index contributed by atoms with van der Waals surface area (Å²) in [7, 11) is 3.23. The quantitative estimate of drug-likeness (QED) is 0.718. The first-order valence-electron chi connectivity index (χ1n) is 8.12. The summed E-state index contributed by atoms with van der Waals surface area (Å²) in [5, 5.41) is 6.98. The molecule has 1 amide bonds. The summed E-state index contributed by atoms with van der Waals surface area (Å²) in [5.74, 6) is 0.0809. The minimum absolute atomic E-state index is 0.0633. The molecule has 8 nitrogen and oxygen atoms in total. The van der Waals surface area contributed by atoms with E-state index in [1.54, 1.807) is 26.4 Å². The zero-order valence-corrected chi connectivity index (χ0v) is 14.5. The van der Waals surface area contributed by atoms with E-state index >= 15 is 0 Å². The first-order valence-corrected chi connectivity index (χ1v) is 8.12. The highest BCUT2D eigenvalue weighted by molar-refractivity contribution is 5.93. The number of nitrogens with one attached hydrogen (secondary N) is 1. The molecule has 0 aliphatic rings. The van der Waals surface area contributed by atoms with Crippen molar-refractivity contribution in [2.45, 2.75) is 6.54 Å². The van der Waals surface area contributed by atoms with Gasteiger partial charge in [-0.1, -0.05) is 30.3 Å². The van der Waals surface area contributed by atoms with E-state index in [2.05, 4.69) is 10.4 Å². The number of carbonyl (C=O) groups is 1. The number of amides is 1. The average Bonchev–Trinajstić information content (AvgIpc) is 2.93. The molecule has 0 atom stereocenters. The lowest BCUT2D eigenvalue weighted by Gasteiger charge is -2.05. The molecule has 0 bridgehead atoms. The van der Waals surface area contributed by atoms with Gasteiger partial charge in [0.1, 0.15) is 5.56 Å². The fourth-order valence-corrected chi connectivity index (χ4v) is 2.61. The molecular formula is C18H19N5O3. The van der Waals surface area contributed by atoms with Crippen LogP contribution in [0.4, 0.5) is 0 Å². The standard InChI is InChI=1S/C18H19N5O3/c1-21-11-6-9-14(17(21)25)16(24)19-10-12-23-18(26)22(2)15(20-23)13-7-4-3-5-8-13/h3-9,11H,10,12H2,1-2H3,(H,19,24). The minimum atomic E-state index is -0.474. The van der Waals surface area contributed by atoms with Gasteiger partial charge in [-0.05, 0) is 12.1 Å². The summed E-state index contributed by atoms with van der Waals surface area (Å²) in [6.07, 6.45) is 1.58. The van der Waals surface area contributed by atoms with Crippen LogP contribution in [-0.4, -0.2) is 31.4 Å². The van der Waals surface area contributed by atoms with E-state index in [0.29, 0.717) is 5.82 Å². The highest BCUT2D eigenvalue weighted by Crippen LogP contribution is 2.13. The van der Waals surface area contributed by atoms with Crippen molar-refractivity contribution in [2.24, 2.45) is 14.1 Å². The summed E-state index contributed by atoms with van der Waals surface area (Å²) < 4.78 is 4.10. The maximum absolute atomic E-state index is 12.3. The average molecular weight is 353 g/mol. The van der Waals surface area contributed by atoms with Crippen molar-refractivity contribution >= 4 is 5.91 Å². The molecule has 1 N–H and O–H groups in total. The van der Waals surface area contributed by atoms with Gasteiger partial charge in [-0.2, -0.15) is 0 Å². The van der Waals surface area contributed by atoms with Gasteiger partial charge in [0.2, 0.25) is 0 Å². The Morgan fingerprint density at radius 1 is 1.08 bits per heavy atom. The van der Waals surface area contributed by atoms with E-state index in [1.165, 1.54) is 19.9 Å². The van der Waals surface area contributed by atoms with Crippen molar-refractivity contribution in [3.8, 4) is 11.4 Å². The van der Waals surface area contributed by atoms with E-state index in [-0.39, 0.29) is 29.9 Å². The van der Waals surface area contributed by atoms with Crippen molar-refractivity contribution in [3.63, 3.8) is 0 Å². The van der Waals surface area contributed by atoms with Gasteiger partial charge in [0, 0.05) is 32.4 Å². The van der Waals surface area contributed by atoms with Crippen LogP contribution in [0.3, 0.4) is 0 Å². The van der Waals surface area contributed by atoms with Crippen molar-refractivity contribution < 1.29 is 4.79 Å². The molecule has 26 heavy (non-hydrogen) atoms. The maximum atomic E-state index is 12.3. The molecule has 0 saturated heterocycles. The summed E-state index contributed by atoms with van der Waals surface area (Å²) >= 11 is 0. The number of benzene rings is 1. The Bertz CT molecular complexity index is 1050. The molecule has 0 saturated carbocycles. The fraction of sp³-hybridized carbons (Fsp3) is 0.222. The van der Waals surface area contributed by atoms with Crippen LogP contribution in [0.2, 0.25) is 0 Å². The number of hydrogen-bond acceptors (Lipinski definition) is 4. The van der Waals surface area contributed by atoms with Crippen LogP contribution in [0.1, 0.15) is 10.4 Å². The van der Waals surface area contributed by atoms with Crippen LogP contribution in [0.15, 0.2) is 58.3 Å². The largest absolute Gasteiger partial charge is 0.350 e. The van der Waals surface area contributed by atoms with Gasteiger partial charge in [0.15, 0.2) is 5.82 Å².